The Kier molecular flexibility index (Phi) is 4.95. The van der Waals surface area contributed by atoms with Crippen molar-refractivity contribution in [2.45, 2.75) is 12.3 Å². The summed E-state index contributed by atoms with van der Waals surface area (Å²) < 4.78 is 5.24. The SMILES string of the molecule is COc1cccc(C(CN)Cc2ccc(C(=O)O)cc2)c1. The van der Waals surface area contributed by atoms with Crippen LogP contribution in [0.15, 0.2) is 48.5 Å². The zero-order valence-corrected chi connectivity index (χ0v) is 12.0. The highest BCUT2D eigenvalue weighted by molar-refractivity contribution is 5.87. The van der Waals surface area contributed by atoms with Gasteiger partial charge in [-0.05, 0) is 48.4 Å². The van der Waals surface area contributed by atoms with Crippen molar-refractivity contribution in [2.75, 3.05) is 13.7 Å². The summed E-state index contributed by atoms with van der Waals surface area (Å²) >= 11 is 0. The number of rotatable bonds is 6. The molecule has 2 rings (SSSR count). The zero-order chi connectivity index (χ0) is 15.2. The fourth-order valence-electron chi connectivity index (χ4n) is 2.30. The van der Waals surface area contributed by atoms with Gasteiger partial charge in [-0.2, -0.15) is 0 Å². The average Bonchev–Trinajstić information content (AvgIpc) is 2.53. The number of ether oxygens (including phenoxy) is 1. The van der Waals surface area contributed by atoms with Gasteiger partial charge in [0.1, 0.15) is 5.75 Å². The van der Waals surface area contributed by atoms with Gasteiger partial charge < -0.3 is 15.6 Å². The van der Waals surface area contributed by atoms with Crippen molar-refractivity contribution >= 4 is 5.97 Å². The van der Waals surface area contributed by atoms with Crippen LogP contribution in [0.25, 0.3) is 0 Å². The minimum atomic E-state index is -0.912. The second-order valence-corrected chi connectivity index (χ2v) is 4.92. The maximum Gasteiger partial charge on any atom is 0.335 e. The molecular weight excluding hydrogens is 266 g/mol. The highest BCUT2D eigenvalue weighted by Gasteiger charge is 2.12. The molecular formula is C17H19NO3. The lowest BCUT2D eigenvalue weighted by atomic mass is 9.91. The molecule has 1 atom stereocenters. The van der Waals surface area contributed by atoms with E-state index in [1.165, 1.54) is 0 Å². The van der Waals surface area contributed by atoms with Crippen molar-refractivity contribution in [1.29, 1.82) is 0 Å². The Balaban J connectivity index is 2.16. The first-order chi connectivity index (χ1) is 10.1. The normalized spacial score (nSPS) is 11.9. The minimum absolute atomic E-state index is 0.177. The fourth-order valence-corrected chi connectivity index (χ4v) is 2.30. The molecule has 21 heavy (non-hydrogen) atoms. The van der Waals surface area contributed by atoms with Crippen molar-refractivity contribution in [3.05, 3.63) is 65.2 Å². The quantitative estimate of drug-likeness (QED) is 0.856. The molecule has 3 N–H and O–H groups in total. The summed E-state index contributed by atoms with van der Waals surface area (Å²) in [4.78, 5) is 10.8. The first kappa shape index (κ1) is 15.1. The molecule has 0 bridgehead atoms. The standard InChI is InChI=1S/C17H19NO3/c1-21-16-4-2-3-14(10-16)15(11-18)9-12-5-7-13(8-6-12)17(19)20/h2-8,10,15H,9,11,18H2,1H3,(H,19,20). The van der Waals surface area contributed by atoms with Crippen LogP contribution in [-0.2, 0) is 6.42 Å². The van der Waals surface area contributed by atoms with Gasteiger partial charge in [-0.15, -0.1) is 0 Å². The Labute approximate surface area is 124 Å². The smallest absolute Gasteiger partial charge is 0.335 e. The van der Waals surface area contributed by atoms with Crippen LogP contribution in [0.4, 0.5) is 0 Å². The van der Waals surface area contributed by atoms with Gasteiger partial charge in [-0.25, -0.2) is 4.79 Å². The van der Waals surface area contributed by atoms with Crippen LogP contribution in [0.2, 0.25) is 0 Å². The Morgan fingerprint density at radius 2 is 1.95 bits per heavy atom. The van der Waals surface area contributed by atoms with Crippen LogP contribution >= 0.6 is 0 Å². The molecule has 0 aliphatic carbocycles. The number of carboxylic acids is 1. The maximum absolute atomic E-state index is 10.8. The summed E-state index contributed by atoms with van der Waals surface area (Å²) in [7, 11) is 1.64. The third-order valence-electron chi connectivity index (χ3n) is 3.53. The van der Waals surface area contributed by atoms with Crippen molar-refractivity contribution in [2.24, 2.45) is 5.73 Å². The third kappa shape index (κ3) is 3.83. The molecule has 0 saturated carbocycles. The molecule has 0 spiro atoms. The van der Waals surface area contributed by atoms with Crippen molar-refractivity contribution in [3.8, 4) is 5.75 Å². The van der Waals surface area contributed by atoms with Gasteiger partial charge in [0.25, 0.3) is 0 Å². The number of carbonyl (C=O) groups is 1. The number of hydrogen-bond acceptors (Lipinski definition) is 3. The molecule has 0 radical (unpaired) electrons. The lowest BCUT2D eigenvalue weighted by Gasteiger charge is -2.16. The largest absolute Gasteiger partial charge is 0.497 e. The Bertz CT molecular complexity index is 608. The Morgan fingerprint density at radius 3 is 2.52 bits per heavy atom. The lowest BCUT2D eigenvalue weighted by Crippen LogP contribution is -2.15. The highest BCUT2D eigenvalue weighted by atomic mass is 16.5. The van der Waals surface area contributed by atoms with Crippen LogP contribution < -0.4 is 10.5 Å². The van der Waals surface area contributed by atoms with E-state index < -0.39 is 5.97 Å². The van der Waals surface area contributed by atoms with E-state index >= 15 is 0 Å². The maximum atomic E-state index is 10.8. The average molecular weight is 285 g/mol. The number of benzene rings is 2. The summed E-state index contributed by atoms with van der Waals surface area (Å²) in [6.07, 6.45) is 0.767. The number of carboxylic acid groups (broad SMARTS) is 1. The molecule has 0 heterocycles. The molecule has 110 valence electrons. The summed E-state index contributed by atoms with van der Waals surface area (Å²) in [6.45, 7) is 0.522. The zero-order valence-electron chi connectivity index (χ0n) is 12.0. The number of nitrogens with two attached hydrogens (primary N) is 1. The van der Waals surface area contributed by atoms with Gasteiger partial charge in [0.05, 0.1) is 12.7 Å². The monoisotopic (exact) mass is 285 g/mol. The van der Waals surface area contributed by atoms with E-state index in [4.69, 9.17) is 15.6 Å². The van der Waals surface area contributed by atoms with E-state index in [1.54, 1.807) is 19.2 Å². The van der Waals surface area contributed by atoms with Gasteiger partial charge in [0, 0.05) is 5.92 Å². The van der Waals surface area contributed by atoms with E-state index in [2.05, 4.69) is 0 Å². The molecule has 0 saturated heterocycles. The fraction of sp³-hybridized carbons (Fsp3) is 0.235. The lowest BCUT2D eigenvalue weighted by molar-refractivity contribution is 0.0697. The summed E-state index contributed by atoms with van der Waals surface area (Å²) in [6, 6.07) is 14.8. The first-order valence-corrected chi connectivity index (χ1v) is 6.80. The van der Waals surface area contributed by atoms with Crippen molar-refractivity contribution in [1.82, 2.24) is 0 Å². The van der Waals surface area contributed by atoms with Gasteiger partial charge in [-0.1, -0.05) is 24.3 Å². The molecule has 0 aliphatic rings. The molecule has 0 aliphatic heterocycles. The van der Waals surface area contributed by atoms with Gasteiger partial charge in [0.2, 0.25) is 0 Å². The predicted molar refractivity (Wildman–Crippen MR) is 81.9 cm³/mol. The van der Waals surface area contributed by atoms with Gasteiger partial charge in [-0.3, -0.25) is 0 Å². The molecule has 2 aromatic rings. The van der Waals surface area contributed by atoms with Crippen molar-refractivity contribution < 1.29 is 14.6 Å². The van der Waals surface area contributed by atoms with Crippen molar-refractivity contribution in [3.63, 3.8) is 0 Å². The van der Waals surface area contributed by atoms with Gasteiger partial charge >= 0.3 is 5.97 Å². The molecule has 0 aromatic heterocycles. The molecule has 4 nitrogen and oxygen atoms in total. The van der Waals surface area contributed by atoms with E-state index in [0.717, 1.165) is 23.3 Å². The third-order valence-corrected chi connectivity index (χ3v) is 3.53. The summed E-state index contributed by atoms with van der Waals surface area (Å²) in [5.41, 5.74) is 8.38. The summed E-state index contributed by atoms with van der Waals surface area (Å²) in [5.74, 6) is 0.0765. The Morgan fingerprint density at radius 1 is 1.24 bits per heavy atom. The summed E-state index contributed by atoms with van der Waals surface area (Å²) in [5, 5.41) is 8.91. The van der Waals surface area contributed by atoms with E-state index in [0.29, 0.717) is 12.1 Å². The van der Waals surface area contributed by atoms with E-state index in [-0.39, 0.29) is 5.92 Å². The molecule has 4 heteroatoms. The van der Waals surface area contributed by atoms with Crippen LogP contribution in [0, 0.1) is 0 Å². The second kappa shape index (κ2) is 6.90. The first-order valence-electron chi connectivity index (χ1n) is 6.80. The molecule has 1 unspecified atom stereocenters. The highest BCUT2D eigenvalue weighted by Crippen LogP contribution is 2.23. The molecule has 0 fully saturated rings. The van der Waals surface area contributed by atoms with Crippen LogP contribution in [0.5, 0.6) is 5.75 Å². The van der Waals surface area contributed by atoms with E-state index in [9.17, 15) is 4.79 Å². The molecule has 0 amide bonds. The number of methoxy groups -OCH3 is 1. The number of aromatic carboxylic acids is 1. The number of hydrogen-bond donors (Lipinski definition) is 2. The van der Waals surface area contributed by atoms with Crippen LogP contribution in [-0.4, -0.2) is 24.7 Å². The Hall–Kier alpha value is -2.33. The molecule has 2 aromatic carbocycles. The second-order valence-electron chi connectivity index (χ2n) is 4.92. The van der Waals surface area contributed by atoms with Crippen LogP contribution in [0.3, 0.4) is 0 Å². The van der Waals surface area contributed by atoms with Gasteiger partial charge in [0.15, 0.2) is 0 Å². The minimum Gasteiger partial charge on any atom is -0.497 e. The topological polar surface area (TPSA) is 72.5 Å². The van der Waals surface area contributed by atoms with E-state index in [1.807, 2.05) is 36.4 Å². The predicted octanol–water partition coefficient (Wildman–Crippen LogP) is 2.68. The van der Waals surface area contributed by atoms with Crippen LogP contribution in [0.1, 0.15) is 27.4 Å².